The average Bonchev–Trinajstić information content (AvgIpc) is 2.47. The Bertz CT molecular complexity index is 683. The number of aryl methyl sites for hydroxylation is 1. The number of carbonyl (C=O) groups is 1. The summed E-state index contributed by atoms with van der Waals surface area (Å²) in [5.41, 5.74) is 4.95. The molecular weight excluding hydrogens is 272 g/mol. The molecule has 0 saturated carbocycles. The first-order valence-electron chi connectivity index (χ1n) is 6.14. The standard InChI is InChI=1S/C14H14N4O3/c1-9-8-11(17-15)4-7-13(9)14(19)16-10-2-5-12(6-3-10)18(20)21/h2-8,17H,15H2,1H3,(H,16,19). The van der Waals surface area contributed by atoms with Crippen LogP contribution in [0.5, 0.6) is 0 Å². The van der Waals surface area contributed by atoms with Crippen LogP contribution in [-0.4, -0.2) is 10.8 Å². The van der Waals surface area contributed by atoms with Gasteiger partial charge in [0.05, 0.1) is 4.92 Å². The largest absolute Gasteiger partial charge is 0.324 e. The molecule has 0 fully saturated rings. The number of nitro groups is 1. The summed E-state index contributed by atoms with van der Waals surface area (Å²) in [6.45, 7) is 1.80. The SMILES string of the molecule is Cc1cc(NN)ccc1C(=O)Nc1ccc([N+](=O)[O-])cc1. The Morgan fingerprint density at radius 2 is 1.76 bits per heavy atom. The van der Waals surface area contributed by atoms with Crippen LogP contribution in [0.1, 0.15) is 15.9 Å². The number of non-ortho nitro benzene ring substituents is 1. The van der Waals surface area contributed by atoms with Crippen molar-refractivity contribution in [1.82, 2.24) is 0 Å². The Hall–Kier alpha value is -2.93. The maximum Gasteiger partial charge on any atom is 0.269 e. The third-order valence-corrected chi connectivity index (χ3v) is 2.97. The fourth-order valence-electron chi connectivity index (χ4n) is 1.87. The zero-order valence-electron chi connectivity index (χ0n) is 11.3. The third kappa shape index (κ3) is 3.34. The molecule has 2 aromatic carbocycles. The molecule has 0 spiro atoms. The van der Waals surface area contributed by atoms with Crippen LogP contribution in [-0.2, 0) is 0 Å². The number of hydrazine groups is 1. The number of rotatable bonds is 4. The first-order chi connectivity index (χ1) is 10.0. The highest BCUT2D eigenvalue weighted by Gasteiger charge is 2.11. The van der Waals surface area contributed by atoms with Crippen LogP contribution >= 0.6 is 0 Å². The lowest BCUT2D eigenvalue weighted by Gasteiger charge is -2.09. The minimum Gasteiger partial charge on any atom is -0.324 e. The van der Waals surface area contributed by atoms with Gasteiger partial charge >= 0.3 is 0 Å². The van der Waals surface area contributed by atoms with Gasteiger partial charge in [0.1, 0.15) is 0 Å². The summed E-state index contributed by atoms with van der Waals surface area (Å²) >= 11 is 0. The van der Waals surface area contributed by atoms with Gasteiger partial charge < -0.3 is 10.7 Å². The van der Waals surface area contributed by atoms with Crippen molar-refractivity contribution in [1.29, 1.82) is 0 Å². The van der Waals surface area contributed by atoms with E-state index < -0.39 is 4.92 Å². The van der Waals surface area contributed by atoms with Gasteiger partial charge in [-0.25, -0.2) is 0 Å². The summed E-state index contributed by atoms with van der Waals surface area (Å²) in [6, 6.07) is 10.8. The summed E-state index contributed by atoms with van der Waals surface area (Å²) in [4.78, 5) is 22.2. The molecule has 2 rings (SSSR count). The van der Waals surface area contributed by atoms with E-state index in [2.05, 4.69) is 10.7 Å². The van der Waals surface area contributed by atoms with Crippen LogP contribution in [0.25, 0.3) is 0 Å². The molecule has 0 aromatic heterocycles. The fraction of sp³-hybridized carbons (Fsp3) is 0.0714. The molecule has 4 N–H and O–H groups in total. The number of nitrogens with zero attached hydrogens (tertiary/aromatic N) is 1. The van der Waals surface area contributed by atoms with Crippen molar-refractivity contribution in [3.8, 4) is 0 Å². The van der Waals surface area contributed by atoms with Crippen LogP contribution in [0.2, 0.25) is 0 Å². The second-order valence-corrected chi connectivity index (χ2v) is 4.43. The van der Waals surface area contributed by atoms with Crippen molar-refractivity contribution >= 4 is 23.0 Å². The van der Waals surface area contributed by atoms with E-state index in [1.165, 1.54) is 24.3 Å². The summed E-state index contributed by atoms with van der Waals surface area (Å²) in [7, 11) is 0. The number of carbonyl (C=O) groups excluding carboxylic acids is 1. The van der Waals surface area contributed by atoms with E-state index in [4.69, 9.17) is 5.84 Å². The van der Waals surface area contributed by atoms with Crippen LogP contribution in [0, 0.1) is 17.0 Å². The molecule has 0 heterocycles. The van der Waals surface area contributed by atoms with Crippen molar-refractivity contribution in [2.24, 2.45) is 5.84 Å². The van der Waals surface area contributed by atoms with Crippen LogP contribution in [0.15, 0.2) is 42.5 Å². The van der Waals surface area contributed by atoms with E-state index in [1.54, 1.807) is 25.1 Å². The molecule has 1 amide bonds. The highest BCUT2D eigenvalue weighted by atomic mass is 16.6. The predicted molar refractivity (Wildman–Crippen MR) is 80.0 cm³/mol. The van der Waals surface area contributed by atoms with E-state index in [0.29, 0.717) is 16.9 Å². The van der Waals surface area contributed by atoms with Gasteiger partial charge in [-0.1, -0.05) is 0 Å². The highest BCUT2D eigenvalue weighted by Crippen LogP contribution is 2.18. The number of benzene rings is 2. The van der Waals surface area contributed by atoms with Crippen LogP contribution in [0.4, 0.5) is 17.1 Å². The maximum absolute atomic E-state index is 12.2. The predicted octanol–water partition coefficient (Wildman–Crippen LogP) is 2.44. The first-order valence-corrected chi connectivity index (χ1v) is 6.14. The second-order valence-electron chi connectivity index (χ2n) is 4.43. The van der Waals surface area contributed by atoms with Crippen molar-refractivity contribution < 1.29 is 9.72 Å². The lowest BCUT2D eigenvalue weighted by molar-refractivity contribution is -0.384. The van der Waals surface area contributed by atoms with E-state index >= 15 is 0 Å². The Balaban J connectivity index is 2.16. The Morgan fingerprint density at radius 1 is 1.14 bits per heavy atom. The van der Waals surface area contributed by atoms with E-state index in [0.717, 1.165) is 5.56 Å². The third-order valence-electron chi connectivity index (χ3n) is 2.97. The Labute approximate surface area is 120 Å². The number of anilines is 2. The van der Waals surface area contributed by atoms with Gasteiger partial charge in [-0.05, 0) is 42.8 Å². The normalized spacial score (nSPS) is 10.0. The van der Waals surface area contributed by atoms with Gasteiger partial charge in [-0.3, -0.25) is 20.8 Å². The monoisotopic (exact) mass is 286 g/mol. The van der Waals surface area contributed by atoms with Gasteiger partial charge in [0, 0.05) is 29.1 Å². The minimum absolute atomic E-state index is 0.0254. The van der Waals surface area contributed by atoms with Crippen LogP contribution < -0.4 is 16.6 Å². The molecule has 7 heteroatoms. The zero-order chi connectivity index (χ0) is 15.4. The molecule has 0 saturated heterocycles. The molecule has 7 nitrogen and oxygen atoms in total. The fourth-order valence-corrected chi connectivity index (χ4v) is 1.87. The lowest BCUT2D eigenvalue weighted by atomic mass is 10.1. The van der Waals surface area contributed by atoms with Crippen molar-refractivity contribution in [3.05, 3.63) is 63.7 Å². The van der Waals surface area contributed by atoms with Crippen molar-refractivity contribution in [3.63, 3.8) is 0 Å². The molecule has 21 heavy (non-hydrogen) atoms. The molecule has 0 aliphatic heterocycles. The number of nitro benzene ring substituents is 1. The maximum atomic E-state index is 12.2. The minimum atomic E-state index is -0.492. The molecule has 108 valence electrons. The molecule has 0 bridgehead atoms. The number of hydrogen-bond donors (Lipinski definition) is 3. The average molecular weight is 286 g/mol. The summed E-state index contributed by atoms with van der Waals surface area (Å²) in [5.74, 6) is 5.01. The molecule has 0 unspecified atom stereocenters. The summed E-state index contributed by atoms with van der Waals surface area (Å²) < 4.78 is 0. The first kappa shape index (κ1) is 14.5. The van der Waals surface area contributed by atoms with Crippen molar-refractivity contribution in [2.75, 3.05) is 10.7 Å². The number of nitrogens with two attached hydrogens (primary N) is 1. The van der Waals surface area contributed by atoms with Gasteiger partial charge in [0.2, 0.25) is 0 Å². The number of hydrogen-bond acceptors (Lipinski definition) is 5. The Kier molecular flexibility index (Phi) is 4.15. The Morgan fingerprint density at radius 3 is 2.29 bits per heavy atom. The topological polar surface area (TPSA) is 110 Å². The summed E-state index contributed by atoms with van der Waals surface area (Å²) in [5, 5.41) is 13.3. The lowest BCUT2D eigenvalue weighted by Crippen LogP contribution is -2.14. The number of nitrogens with one attached hydrogen (secondary N) is 2. The molecular formula is C14H14N4O3. The number of amides is 1. The van der Waals surface area contributed by atoms with E-state index in [1.807, 2.05) is 0 Å². The van der Waals surface area contributed by atoms with Crippen LogP contribution in [0.3, 0.4) is 0 Å². The van der Waals surface area contributed by atoms with E-state index in [-0.39, 0.29) is 11.6 Å². The molecule has 2 aromatic rings. The smallest absolute Gasteiger partial charge is 0.269 e. The molecule has 0 aliphatic rings. The zero-order valence-corrected chi connectivity index (χ0v) is 11.3. The number of nitrogen functional groups attached to an aromatic ring is 1. The molecule has 0 aliphatic carbocycles. The molecule has 0 radical (unpaired) electrons. The molecule has 0 atom stereocenters. The highest BCUT2D eigenvalue weighted by molar-refractivity contribution is 6.05. The van der Waals surface area contributed by atoms with Gasteiger partial charge in [-0.2, -0.15) is 0 Å². The van der Waals surface area contributed by atoms with E-state index in [9.17, 15) is 14.9 Å². The van der Waals surface area contributed by atoms with Gasteiger partial charge in [-0.15, -0.1) is 0 Å². The second kappa shape index (κ2) is 6.02. The summed E-state index contributed by atoms with van der Waals surface area (Å²) in [6.07, 6.45) is 0. The quantitative estimate of drug-likeness (QED) is 0.454. The van der Waals surface area contributed by atoms with Gasteiger partial charge in [0.15, 0.2) is 0 Å². The van der Waals surface area contributed by atoms with Gasteiger partial charge in [0.25, 0.3) is 11.6 Å². The van der Waals surface area contributed by atoms with Crippen molar-refractivity contribution in [2.45, 2.75) is 6.92 Å².